The summed E-state index contributed by atoms with van der Waals surface area (Å²) in [6.45, 7) is 6.39. The van der Waals surface area contributed by atoms with E-state index in [1.165, 1.54) is 18.4 Å². The van der Waals surface area contributed by atoms with Crippen LogP contribution in [-0.2, 0) is 9.47 Å². The van der Waals surface area contributed by atoms with Crippen molar-refractivity contribution in [3.8, 4) is 0 Å². The van der Waals surface area contributed by atoms with Gasteiger partial charge in [-0.25, -0.2) is 14.6 Å². The molecule has 0 bridgehead atoms. The van der Waals surface area contributed by atoms with Gasteiger partial charge in [0.2, 0.25) is 5.78 Å². The minimum Gasteiger partial charge on any atom is -0.465 e. The molecule has 2 aromatic rings. The monoisotopic (exact) mass is 350 g/mol. The van der Waals surface area contributed by atoms with Crippen LogP contribution < -0.4 is 0 Å². The van der Waals surface area contributed by atoms with Gasteiger partial charge in [0, 0.05) is 5.69 Å². The molecule has 7 nitrogen and oxygen atoms in total. The lowest BCUT2D eigenvalue weighted by Gasteiger charge is -2.03. The predicted octanol–water partition coefficient (Wildman–Crippen LogP) is 2.53. The molecule has 0 aliphatic rings. The van der Waals surface area contributed by atoms with E-state index in [1.807, 2.05) is 0 Å². The van der Waals surface area contributed by atoms with Crippen LogP contribution in [0, 0.1) is 27.7 Å². The molecular formula is C16H18N2O5S. The molecule has 0 radical (unpaired) electrons. The second-order valence-electron chi connectivity index (χ2n) is 5.26. The topological polar surface area (TPSA) is 98.4 Å². The maximum atomic E-state index is 12.3. The Morgan fingerprint density at radius 3 is 2.33 bits per heavy atom. The van der Waals surface area contributed by atoms with Gasteiger partial charge in [-0.3, -0.25) is 4.79 Å². The molecule has 24 heavy (non-hydrogen) atoms. The number of nitrogens with zero attached hydrogens (tertiary/aromatic N) is 1. The largest absolute Gasteiger partial charge is 0.465 e. The fourth-order valence-corrected chi connectivity index (χ4v) is 3.24. The summed E-state index contributed by atoms with van der Waals surface area (Å²) in [6.07, 6.45) is 0. The minimum atomic E-state index is -0.583. The van der Waals surface area contributed by atoms with Crippen molar-refractivity contribution in [2.24, 2.45) is 0 Å². The van der Waals surface area contributed by atoms with Crippen LogP contribution in [-0.4, -0.2) is 41.4 Å². The number of H-pyrrole nitrogens is 1. The van der Waals surface area contributed by atoms with Crippen molar-refractivity contribution in [2.75, 3.05) is 13.7 Å². The number of thiazole rings is 1. The summed E-state index contributed by atoms with van der Waals surface area (Å²) in [5.74, 6) is -1.52. The number of hydrogen-bond acceptors (Lipinski definition) is 7. The van der Waals surface area contributed by atoms with Crippen molar-refractivity contribution < 1.29 is 23.9 Å². The van der Waals surface area contributed by atoms with Gasteiger partial charge in [0.05, 0.1) is 29.1 Å². The van der Waals surface area contributed by atoms with Crippen LogP contribution >= 0.6 is 11.3 Å². The van der Waals surface area contributed by atoms with Crippen molar-refractivity contribution >= 4 is 29.1 Å². The number of nitrogens with one attached hydrogen (secondary N) is 1. The number of rotatable bonds is 5. The van der Waals surface area contributed by atoms with Gasteiger partial charge in [0.15, 0.2) is 6.61 Å². The van der Waals surface area contributed by atoms with E-state index in [0.717, 1.165) is 5.01 Å². The molecule has 0 spiro atoms. The third-order valence-corrected chi connectivity index (χ3v) is 4.58. The summed E-state index contributed by atoms with van der Waals surface area (Å²) >= 11 is 1.22. The lowest BCUT2D eigenvalue weighted by Crippen LogP contribution is -2.15. The Morgan fingerprint density at radius 1 is 1.12 bits per heavy atom. The third kappa shape index (κ3) is 3.38. The molecule has 0 saturated heterocycles. The molecule has 0 aromatic carbocycles. The molecule has 0 atom stereocenters. The van der Waals surface area contributed by atoms with Crippen molar-refractivity contribution in [1.29, 1.82) is 0 Å². The highest BCUT2D eigenvalue weighted by Crippen LogP contribution is 2.21. The second-order valence-corrected chi connectivity index (χ2v) is 6.47. The van der Waals surface area contributed by atoms with Gasteiger partial charge in [0.1, 0.15) is 4.88 Å². The zero-order valence-corrected chi connectivity index (χ0v) is 14.9. The standard InChI is InChI=1S/C16H18N2O5S/c1-7-12(15(20)22-5)8(2)18-13(7)11(19)6-23-16(21)14-9(3)17-10(4)24-14/h18H,6H2,1-5H3. The van der Waals surface area contributed by atoms with Gasteiger partial charge in [-0.2, -0.15) is 0 Å². The van der Waals surface area contributed by atoms with E-state index in [2.05, 4.69) is 9.97 Å². The van der Waals surface area contributed by atoms with Crippen LogP contribution in [0.25, 0.3) is 0 Å². The first-order chi connectivity index (χ1) is 11.3. The van der Waals surface area contributed by atoms with Gasteiger partial charge in [0.25, 0.3) is 0 Å². The zero-order valence-electron chi connectivity index (χ0n) is 14.1. The Kier molecular flexibility index (Phi) is 5.18. The van der Waals surface area contributed by atoms with Crippen molar-refractivity contribution in [2.45, 2.75) is 27.7 Å². The first-order valence-corrected chi connectivity index (χ1v) is 7.99. The Morgan fingerprint density at radius 2 is 1.79 bits per heavy atom. The molecule has 0 aliphatic carbocycles. The summed E-state index contributed by atoms with van der Waals surface area (Å²) in [5, 5.41) is 0.754. The molecule has 2 aromatic heterocycles. The average molecular weight is 350 g/mol. The number of ketones is 1. The Labute approximate surface area is 143 Å². The van der Waals surface area contributed by atoms with Crippen LogP contribution in [0.2, 0.25) is 0 Å². The number of aryl methyl sites for hydroxylation is 3. The number of methoxy groups -OCH3 is 1. The molecule has 0 amide bonds. The molecule has 128 valence electrons. The highest BCUT2D eigenvalue weighted by atomic mass is 32.1. The SMILES string of the molecule is COC(=O)c1c(C)[nH]c(C(=O)COC(=O)c2sc(C)nc2C)c1C. The number of hydrogen-bond donors (Lipinski definition) is 1. The number of carbonyl (C=O) groups excluding carboxylic acids is 3. The molecule has 0 fully saturated rings. The van der Waals surface area contributed by atoms with Crippen LogP contribution in [0.4, 0.5) is 0 Å². The van der Waals surface area contributed by atoms with Crippen LogP contribution in [0.3, 0.4) is 0 Å². The average Bonchev–Trinajstić information content (AvgIpc) is 3.02. The summed E-state index contributed by atoms with van der Waals surface area (Å²) < 4.78 is 9.78. The van der Waals surface area contributed by atoms with Gasteiger partial charge < -0.3 is 14.5 Å². The van der Waals surface area contributed by atoms with Gasteiger partial charge in [-0.1, -0.05) is 0 Å². The molecule has 2 heterocycles. The first kappa shape index (κ1) is 17.9. The van der Waals surface area contributed by atoms with Crippen molar-refractivity contribution in [3.63, 3.8) is 0 Å². The zero-order chi connectivity index (χ0) is 18.0. The Hall–Kier alpha value is -2.48. The quantitative estimate of drug-likeness (QED) is 0.657. The van der Waals surface area contributed by atoms with E-state index < -0.39 is 24.3 Å². The maximum Gasteiger partial charge on any atom is 0.350 e. The molecule has 1 N–H and O–H groups in total. The number of esters is 2. The van der Waals surface area contributed by atoms with E-state index in [0.29, 0.717) is 27.4 Å². The second kappa shape index (κ2) is 6.96. The van der Waals surface area contributed by atoms with Gasteiger partial charge >= 0.3 is 11.9 Å². The molecule has 0 aliphatic heterocycles. The smallest absolute Gasteiger partial charge is 0.350 e. The van der Waals surface area contributed by atoms with Gasteiger partial charge in [-0.15, -0.1) is 11.3 Å². The summed E-state index contributed by atoms with van der Waals surface area (Å²) in [6, 6.07) is 0. The van der Waals surface area contributed by atoms with Crippen molar-refractivity contribution in [1.82, 2.24) is 9.97 Å². The number of aromatic amines is 1. The Balaban J connectivity index is 2.12. The van der Waals surface area contributed by atoms with Crippen LogP contribution in [0.5, 0.6) is 0 Å². The van der Waals surface area contributed by atoms with Crippen LogP contribution in [0.15, 0.2) is 0 Å². The molecular weight excluding hydrogens is 332 g/mol. The van der Waals surface area contributed by atoms with E-state index in [-0.39, 0.29) is 5.69 Å². The normalized spacial score (nSPS) is 10.5. The third-order valence-electron chi connectivity index (χ3n) is 3.53. The fourth-order valence-electron chi connectivity index (χ4n) is 2.43. The fraction of sp³-hybridized carbons (Fsp3) is 0.375. The van der Waals surface area contributed by atoms with Crippen molar-refractivity contribution in [3.05, 3.63) is 38.1 Å². The van der Waals surface area contributed by atoms with E-state index in [9.17, 15) is 14.4 Å². The maximum absolute atomic E-state index is 12.3. The number of aromatic nitrogens is 2. The Bertz CT molecular complexity index is 819. The molecule has 2 rings (SSSR count). The summed E-state index contributed by atoms with van der Waals surface area (Å²) in [4.78, 5) is 43.5. The van der Waals surface area contributed by atoms with E-state index in [4.69, 9.17) is 9.47 Å². The summed E-state index contributed by atoms with van der Waals surface area (Å²) in [5.41, 5.74) is 2.14. The summed E-state index contributed by atoms with van der Waals surface area (Å²) in [7, 11) is 1.27. The number of ether oxygens (including phenoxy) is 2. The number of Topliss-reactive ketones (excluding diaryl/α,β-unsaturated/α-hetero) is 1. The molecule has 0 unspecified atom stereocenters. The molecule has 0 saturated carbocycles. The lowest BCUT2D eigenvalue weighted by atomic mass is 10.1. The minimum absolute atomic E-state index is 0.234. The first-order valence-electron chi connectivity index (χ1n) is 7.18. The van der Waals surface area contributed by atoms with Gasteiger partial charge in [-0.05, 0) is 33.3 Å². The highest BCUT2D eigenvalue weighted by Gasteiger charge is 2.24. The van der Waals surface area contributed by atoms with E-state index >= 15 is 0 Å². The predicted molar refractivity (Wildman–Crippen MR) is 87.8 cm³/mol. The molecule has 8 heteroatoms. The lowest BCUT2D eigenvalue weighted by molar-refractivity contribution is 0.0476. The number of carbonyl (C=O) groups is 3. The van der Waals surface area contributed by atoms with Crippen LogP contribution in [0.1, 0.15) is 52.5 Å². The van der Waals surface area contributed by atoms with E-state index in [1.54, 1.807) is 27.7 Å². The highest BCUT2D eigenvalue weighted by molar-refractivity contribution is 7.13.